The van der Waals surface area contributed by atoms with Gasteiger partial charge in [-0.05, 0) is 36.7 Å². The van der Waals surface area contributed by atoms with Gasteiger partial charge in [-0.25, -0.2) is 8.78 Å². The highest BCUT2D eigenvalue weighted by molar-refractivity contribution is 5.22. The number of hydrogen-bond donors (Lipinski definition) is 1. The predicted octanol–water partition coefficient (Wildman–Crippen LogP) is 4.27. The van der Waals surface area contributed by atoms with Crippen molar-refractivity contribution in [2.45, 2.75) is 39.3 Å². The van der Waals surface area contributed by atoms with Gasteiger partial charge in [-0.1, -0.05) is 26.3 Å². The fourth-order valence-electron chi connectivity index (χ4n) is 2.55. The smallest absolute Gasteiger partial charge is 0.131 e. The molecule has 0 spiro atoms. The molecule has 2 nitrogen and oxygen atoms in total. The van der Waals surface area contributed by atoms with E-state index in [1.807, 2.05) is 23.0 Å². The van der Waals surface area contributed by atoms with Gasteiger partial charge in [-0.2, -0.15) is 0 Å². The zero-order chi connectivity index (χ0) is 15.2. The number of halogens is 2. The molecule has 1 unspecified atom stereocenters. The van der Waals surface area contributed by atoms with Crippen LogP contribution in [0, 0.1) is 11.6 Å². The van der Waals surface area contributed by atoms with Crippen molar-refractivity contribution in [2.75, 3.05) is 6.54 Å². The van der Waals surface area contributed by atoms with E-state index in [4.69, 9.17) is 0 Å². The molecule has 21 heavy (non-hydrogen) atoms. The highest BCUT2D eigenvalue weighted by Gasteiger charge is 2.12. The second kappa shape index (κ2) is 7.36. The lowest BCUT2D eigenvalue weighted by Gasteiger charge is -2.15. The van der Waals surface area contributed by atoms with Crippen LogP contribution >= 0.6 is 0 Å². The molecular weight excluding hydrogens is 270 g/mol. The Kier molecular flexibility index (Phi) is 5.51. The van der Waals surface area contributed by atoms with Crippen molar-refractivity contribution in [2.24, 2.45) is 0 Å². The first kappa shape index (κ1) is 15.7. The summed E-state index contributed by atoms with van der Waals surface area (Å²) in [6.07, 6.45) is 5.98. The number of benzene rings is 1. The van der Waals surface area contributed by atoms with E-state index < -0.39 is 11.6 Å². The fraction of sp³-hybridized carbons (Fsp3) is 0.412. The highest BCUT2D eigenvalue weighted by Crippen LogP contribution is 2.20. The third-order valence-electron chi connectivity index (χ3n) is 3.61. The maximum atomic E-state index is 13.7. The van der Waals surface area contributed by atoms with Crippen LogP contribution in [0.15, 0.2) is 36.7 Å². The lowest BCUT2D eigenvalue weighted by atomic mass is 10.1. The van der Waals surface area contributed by atoms with Crippen LogP contribution in [0.5, 0.6) is 0 Å². The minimum Gasteiger partial charge on any atom is -0.349 e. The molecule has 2 rings (SSSR count). The number of nitrogens with zero attached hydrogens (tertiary/aromatic N) is 1. The van der Waals surface area contributed by atoms with E-state index in [9.17, 15) is 8.78 Å². The second-order valence-corrected chi connectivity index (χ2v) is 5.22. The van der Waals surface area contributed by atoms with Gasteiger partial charge in [0, 0.05) is 24.0 Å². The lowest BCUT2D eigenvalue weighted by Crippen LogP contribution is -2.20. The summed E-state index contributed by atoms with van der Waals surface area (Å²) < 4.78 is 29.2. The molecule has 0 aliphatic heterocycles. The molecule has 1 N–H and O–H groups in total. The Labute approximate surface area is 124 Å². The zero-order valence-electron chi connectivity index (χ0n) is 12.6. The number of rotatable bonds is 7. The van der Waals surface area contributed by atoms with Crippen molar-refractivity contribution in [3.05, 3.63) is 59.4 Å². The average Bonchev–Trinajstić information content (AvgIpc) is 2.91. The predicted molar refractivity (Wildman–Crippen MR) is 81.2 cm³/mol. The molecular formula is C17H22F2N2. The molecule has 0 saturated carbocycles. The third kappa shape index (κ3) is 3.91. The molecule has 0 amide bonds. The Morgan fingerprint density at radius 2 is 1.86 bits per heavy atom. The van der Waals surface area contributed by atoms with E-state index in [0.29, 0.717) is 6.04 Å². The molecule has 0 radical (unpaired) electrons. The van der Waals surface area contributed by atoms with Crippen molar-refractivity contribution in [1.82, 2.24) is 9.88 Å². The molecule has 2 aromatic rings. The van der Waals surface area contributed by atoms with Gasteiger partial charge in [0.2, 0.25) is 0 Å². The Morgan fingerprint density at radius 1 is 1.14 bits per heavy atom. The van der Waals surface area contributed by atoms with Crippen molar-refractivity contribution in [3.63, 3.8) is 0 Å². The first-order chi connectivity index (χ1) is 10.2. The highest BCUT2D eigenvalue weighted by atomic mass is 19.1. The van der Waals surface area contributed by atoms with Crippen LogP contribution in [0.1, 0.15) is 43.9 Å². The monoisotopic (exact) mass is 292 g/mol. The largest absolute Gasteiger partial charge is 0.349 e. The quantitative estimate of drug-likeness (QED) is 0.806. The van der Waals surface area contributed by atoms with Crippen LogP contribution < -0.4 is 5.32 Å². The molecule has 0 bridgehead atoms. The molecule has 0 aliphatic carbocycles. The number of aromatic nitrogens is 1. The molecule has 0 saturated heterocycles. The summed E-state index contributed by atoms with van der Waals surface area (Å²) in [6, 6.07) is 6.29. The maximum Gasteiger partial charge on any atom is 0.131 e. The van der Waals surface area contributed by atoms with Gasteiger partial charge in [-0.3, -0.25) is 0 Å². The molecule has 1 atom stereocenters. The molecule has 0 aliphatic rings. The van der Waals surface area contributed by atoms with Crippen molar-refractivity contribution in [1.29, 1.82) is 0 Å². The van der Waals surface area contributed by atoms with E-state index in [2.05, 4.69) is 19.2 Å². The first-order valence-electron chi connectivity index (χ1n) is 7.47. The molecule has 0 fully saturated rings. The third-order valence-corrected chi connectivity index (χ3v) is 3.61. The van der Waals surface area contributed by atoms with Crippen LogP contribution in [0.25, 0.3) is 0 Å². The second-order valence-electron chi connectivity index (χ2n) is 5.22. The Hall–Kier alpha value is -1.68. The summed E-state index contributed by atoms with van der Waals surface area (Å²) in [7, 11) is 0. The minimum atomic E-state index is -0.498. The van der Waals surface area contributed by atoms with Gasteiger partial charge in [0.1, 0.15) is 11.6 Å². The SMILES string of the molecule is CCCC(NCC)c1ccn(Cc2c(F)cccc2F)c1. The summed E-state index contributed by atoms with van der Waals surface area (Å²) in [6.45, 7) is 5.34. The maximum absolute atomic E-state index is 13.7. The van der Waals surface area contributed by atoms with E-state index in [1.54, 1.807) is 0 Å². The van der Waals surface area contributed by atoms with Crippen LogP contribution in [0.3, 0.4) is 0 Å². The van der Waals surface area contributed by atoms with Crippen LogP contribution in [-0.2, 0) is 6.54 Å². The molecule has 114 valence electrons. The van der Waals surface area contributed by atoms with Crippen LogP contribution in [0.2, 0.25) is 0 Å². The fourth-order valence-corrected chi connectivity index (χ4v) is 2.55. The van der Waals surface area contributed by atoms with Gasteiger partial charge >= 0.3 is 0 Å². The van der Waals surface area contributed by atoms with Gasteiger partial charge < -0.3 is 9.88 Å². The van der Waals surface area contributed by atoms with E-state index in [1.165, 1.54) is 18.2 Å². The summed E-state index contributed by atoms with van der Waals surface area (Å²) >= 11 is 0. The van der Waals surface area contributed by atoms with E-state index in [0.717, 1.165) is 24.9 Å². The van der Waals surface area contributed by atoms with Crippen LogP contribution in [0.4, 0.5) is 8.78 Å². The summed E-state index contributed by atoms with van der Waals surface area (Å²) in [4.78, 5) is 0. The number of nitrogens with one attached hydrogen (secondary N) is 1. The van der Waals surface area contributed by atoms with Gasteiger partial charge in [0.15, 0.2) is 0 Å². The molecule has 1 aromatic carbocycles. The van der Waals surface area contributed by atoms with Crippen molar-refractivity contribution < 1.29 is 8.78 Å². The summed E-state index contributed by atoms with van der Waals surface area (Å²) in [5, 5.41) is 3.44. The van der Waals surface area contributed by atoms with Crippen LogP contribution in [-0.4, -0.2) is 11.1 Å². The zero-order valence-corrected chi connectivity index (χ0v) is 12.6. The molecule has 1 heterocycles. The normalized spacial score (nSPS) is 12.6. The Morgan fingerprint density at radius 3 is 2.48 bits per heavy atom. The van der Waals surface area contributed by atoms with Crippen molar-refractivity contribution in [3.8, 4) is 0 Å². The van der Waals surface area contributed by atoms with Crippen molar-refractivity contribution >= 4 is 0 Å². The molecule has 4 heteroatoms. The minimum absolute atomic E-state index is 0.107. The van der Waals surface area contributed by atoms with Gasteiger partial charge in [0.05, 0.1) is 6.54 Å². The number of hydrogen-bond acceptors (Lipinski definition) is 1. The van der Waals surface area contributed by atoms with Gasteiger partial charge in [0.25, 0.3) is 0 Å². The first-order valence-corrected chi connectivity index (χ1v) is 7.47. The average molecular weight is 292 g/mol. The lowest BCUT2D eigenvalue weighted by molar-refractivity contribution is 0.507. The summed E-state index contributed by atoms with van der Waals surface area (Å²) in [5.41, 5.74) is 1.27. The van der Waals surface area contributed by atoms with Gasteiger partial charge in [-0.15, -0.1) is 0 Å². The van der Waals surface area contributed by atoms with E-state index in [-0.39, 0.29) is 12.1 Å². The standard InChI is InChI=1S/C17H22F2N2/c1-3-6-17(20-4-2)13-9-10-21(11-13)12-14-15(18)7-5-8-16(14)19/h5,7-11,17,20H,3-4,6,12H2,1-2H3. The topological polar surface area (TPSA) is 17.0 Å². The Bertz CT molecular complexity index is 552. The van der Waals surface area contributed by atoms with E-state index >= 15 is 0 Å². The summed E-state index contributed by atoms with van der Waals surface area (Å²) in [5.74, 6) is -0.996. The molecule has 1 aromatic heterocycles. The Balaban J connectivity index is 2.16.